The van der Waals surface area contributed by atoms with Gasteiger partial charge in [-0.1, -0.05) is 44.2 Å². The Morgan fingerprint density at radius 3 is 2.57 bits per heavy atom. The minimum Gasteiger partial charge on any atom is -0.384 e. The summed E-state index contributed by atoms with van der Waals surface area (Å²) >= 11 is 0. The lowest BCUT2D eigenvalue weighted by atomic mass is 9.87. The number of methoxy groups -OCH3 is 1. The molecule has 0 aliphatic carbocycles. The molecule has 1 saturated heterocycles. The minimum atomic E-state index is -0.0463. The smallest absolute Gasteiger partial charge is 0.230 e. The molecule has 0 saturated carbocycles. The molecule has 3 atom stereocenters. The van der Waals surface area contributed by atoms with Gasteiger partial charge in [-0.05, 0) is 24.8 Å². The number of nitrogens with zero attached hydrogens (tertiary/aromatic N) is 1. The molecular weight excluding hydrogens is 262 g/mol. The van der Waals surface area contributed by atoms with Gasteiger partial charge in [0.05, 0.1) is 12.5 Å². The number of benzene rings is 1. The van der Waals surface area contributed by atoms with Gasteiger partial charge < -0.3 is 9.64 Å². The zero-order valence-corrected chi connectivity index (χ0v) is 13.6. The van der Waals surface area contributed by atoms with E-state index in [0.717, 1.165) is 25.1 Å². The van der Waals surface area contributed by atoms with Gasteiger partial charge in [0.1, 0.15) is 0 Å². The van der Waals surface area contributed by atoms with Gasteiger partial charge in [-0.2, -0.15) is 0 Å². The Kier molecular flexibility index (Phi) is 5.40. The molecule has 1 aromatic carbocycles. The van der Waals surface area contributed by atoms with E-state index in [2.05, 4.69) is 37.8 Å². The van der Waals surface area contributed by atoms with E-state index in [1.807, 2.05) is 18.2 Å². The largest absolute Gasteiger partial charge is 0.384 e. The molecule has 1 aromatic rings. The average molecular weight is 289 g/mol. The van der Waals surface area contributed by atoms with Gasteiger partial charge in [-0.3, -0.25) is 4.79 Å². The monoisotopic (exact) mass is 289 g/mol. The van der Waals surface area contributed by atoms with Gasteiger partial charge in [0.15, 0.2) is 0 Å². The van der Waals surface area contributed by atoms with E-state index in [9.17, 15) is 4.79 Å². The van der Waals surface area contributed by atoms with Crippen LogP contribution in [0.4, 0.5) is 0 Å². The highest BCUT2D eigenvalue weighted by Gasteiger charge is 2.37. The lowest BCUT2D eigenvalue weighted by molar-refractivity contribution is -0.134. The average Bonchev–Trinajstić information content (AvgIpc) is 2.81. The van der Waals surface area contributed by atoms with Crippen LogP contribution >= 0.6 is 0 Å². The van der Waals surface area contributed by atoms with Crippen molar-refractivity contribution >= 4 is 5.91 Å². The van der Waals surface area contributed by atoms with Crippen LogP contribution in [0.25, 0.3) is 0 Å². The van der Waals surface area contributed by atoms with Gasteiger partial charge in [-0.25, -0.2) is 0 Å². The van der Waals surface area contributed by atoms with E-state index in [0.29, 0.717) is 17.9 Å². The van der Waals surface area contributed by atoms with Gasteiger partial charge in [0, 0.05) is 25.6 Å². The fourth-order valence-electron chi connectivity index (χ4n) is 3.46. The molecule has 21 heavy (non-hydrogen) atoms. The first-order chi connectivity index (χ1) is 10.0. The Balaban J connectivity index is 2.16. The highest BCUT2D eigenvalue weighted by Crippen LogP contribution is 2.31. The molecular formula is C18H27NO2. The lowest BCUT2D eigenvalue weighted by Crippen LogP contribution is -2.39. The number of hydrogen-bond donors (Lipinski definition) is 0. The summed E-state index contributed by atoms with van der Waals surface area (Å²) in [6.45, 7) is 7.97. The Morgan fingerprint density at radius 2 is 2.00 bits per heavy atom. The molecule has 2 unspecified atom stereocenters. The summed E-state index contributed by atoms with van der Waals surface area (Å²) in [7, 11) is 1.73. The molecule has 2 rings (SSSR count). The number of carbonyl (C=O) groups excluding carboxylic acids is 1. The van der Waals surface area contributed by atoms with Crippen LogP contribution in [-0.2, 0) is 9.53 Å². The van der Waals surface area contributed by atoms with Crippen LogP contribution < -0.4 is 0 Å². The Morgan fingerprint density at radius 1 is 1.33 bits per heavy atom. The summed E-state index contributed by atoms with van der Waals surface area (Å²) < 4.78 is 5.26. The molecule has 0 radical (unpaired) electrons. The minimum absolute atomic E-state index is 0.0463. The van der Waals surface area contributed by atoms with E-state index in [1.54, 1.807) is 7.11 Å². The first-order valence-corrected chi connectivity index (χ1v) is 7.89. The maximum atomic E-state index is 13.0. The fourth-order valence-corrected chi connectivity index (χ4v) is 3.46. The molecule has 1 aliphatic heterocycles. The molecule has 0 bridgehead atoms. The topological polar surface area (TPSA) is 29.5 Å². The summed E-state index contributed by atoms with van der Waals surface area (Å²) in [5, 5.41) is 0. The van der Waals surface area contributed by atoms with Crippen molar-refractivity contribution in [2.75, 3.05) is 20.3 Å². The van der Waals surface area contributed by atoms with Crippen LogP contribution in [0.2, 0.25) is 0 Å². The summed E-state index contributed by atoms with van der Waals surface area (Å²) in [6.07, 6.45) is 1.04. The molecule has 3 nitrogen and oxygen atoms in total. The summed E-state index contributed by atoms with van der Waals surface area (Å²) in [6, 6.07) is 10.5. The van der Waals surface area contributed by atoms with Gasteiger partial charge in [0.2, 0.25) is 5.91 Å². The van der Waals surface area contributed by atoms with Crippen molar-refractivity contribution in [3.63, 3.8) is 0 Å². The van der Waals surface area contributed by atoms with Crippen molar-refractivity contribution in [2.24, 2.45) is 11.8 Å². The fraction of sp³-hybridized carbons (Fsp3) is 0.611. The van der Waals surface area contributed by atoms with Crippen LogP contribution in [0, 0.1) is 11.8 Å². The first-order valence-electron chi connectivity index (χ1n) is 7.89. The SMILES string of the molecule is COCC1C[C@@H](C)N(C(=O)C(c2ccccc2)C(C)C)C1. The van der Waals surface area contributed by atoms with Crippen molar-refractivity contribution in [2.45, 2.75) is 39.2 Å². The van der Waals surface area contributed by atoms with E-state index in [4.69, 9.17) is 4.74 Å². The molecule has 0 spiro atoms. The van der Waals surface area contributed by atoms with Crippen LogP contribution in [0.3, 0.4) is 0 Å². The zero-order chi connectivity index (χ0) is 15.4. The van der Waals surface area contributed by atoms with E-state index < -0.39 is 0 Å². The zero-order valence-electron chi connectivity index (χ0n) is 13.6. The van der Waals surface area contributed by atoms with E-state index in [-0.39, 0.29) is 11.8 Å². The van der Waals surface area contributed by atoms with Crippen molar-refractivity contribution < 1.29 is 9.53 Å². The van der Waals surface area contributed by atoms with Crippen LogP contribution in [-0.4, -0.2) is 37.1 Å². The second kappa shape index (κ2) is 7.08. The summed E-state index contributed by atoms with van der Waals surface area (Å²) in [5.41, 5.74) is 1.12. The van der Waals surface area contributed by atoms with E-state index >= 15 is 0 Å². The van der Waals surface area contributed by atoms with Gasteiger partial charge in [-0.15, -0.1) is 0 Å². The Hall–Kier alpha value is -1.35. The van der Waals surface area contributed by atoms with Crippen molar-refractivity contribution in [3.05, 3.63) is 35.9 Å². The molecule has 1 fully saturated rings. The second-order valence-corrected chi connectivity index (χ2v) is 6.53. The normalized spacial score (nSPS) is 23.6. The molecule has 1 amide bonds. The lowest BCUT2D eigenvalue weighted by Gasteiger charge is -2.29. The molecule has 1 aliphatic rings. The molecule has 0 aromatic heterocycles. The third-order valence-corrected chi connectivity index (χ3v) is 4.44. The van der Waals surface area contributed by atoms with Gasteiger partial charge >= 0.3 is 0 Å². The number of rotatable bonds is 5. The Labute approximate surface area is 128 Å². The van der Waals surface area contributed by atoms with E-state index in [1.165, 1.54) is 0 Å². The quantitative estimate of drug-likeness (QED) is 0.832. The van der Waals surface area contributed by atoms with Crippen molar-refractivity contribution in [1.29, 1.82) is 0 Å². The Bertz CT molecular complexity index is 458. The van der Waals surface area contributed by atoms with Gasteiger partial charge in [0.25, 0.3) is 0 Å². The maximum Gasteiger partial charge on any atom is 0.230 e. The molecule has 1 heterocycles. The molecule has 3 heteroatoms. The second-order valence-electron chi connectivity index (χ2n) is 6.53. The number of amides is 1. The maximum absolute atomic E-state index is 13.0. The number of hydrogen-bond acceptors (Lipinski definition) is 2. The predicted molar refractivity (Wildman–Crippen MR) is 85.2 cm³/mol. The predicted octanol–water partition coefficient (Wildman–Crippen LogP) is 3.31. The third-order valence-electron chi connectivity index (χ3n) is 4.44. The number of ether oxygens (including phenoxy) is 1. The first kappa shape index (κ1) is 16.0. The molecule has 116 valence electrons. The van der Waals surface area contributed by atoms with Crippen LogP contribution in [0.1, 0.15) is 38.7 Å². The third kappa shape index (κ3) is 3.65. The number of likely N-dealkylation sites (tertiary alicyclic amines) is 1. The van der Waals surface area contributed by atoms with Crippen LogP contribution in [0.5, 0.6) is 0 Å². The highest BCUT2D eigenvalue weighted by atomic mass is 16.5. The molecule has 0 N–H and O–H groups in total. The summed E-state index contributed by atoms with van der Waals surface area (Å²) in [4.78, 5) is 15.1. The van der Waals surface area contributed by atoms with Crippen molar-refractivity contribution in [1.82, 2.24) is 4.90 Å². The van der Waals surface area contributed by atoms with Crippen LogP contribution in [0.15, 0.2) is 30.3 Å². The standard InChI is InChI=1S/C18H27NO2/c1-13(2)17(16-8-6-5-7-9-16)18(20)19-11-15(12-21-4)10-14(19)3/h5-9,13-15,17H,10-12H2,1-4H3/t14-,15?,17?/m1/s1. The summed E-state index contributed by atoms with van der Waals surface area (Å²) in [5.74, 6) is 0.989. The van der Waals surface area contributed by atoms with Crippen molar-refractivity contribution in [3.8, 4) is 0 Å². The highest BCUT2D eigenvalue weighted by molar-refractivity contribution is 5.84. The number of carbonyl (C=O) groups is 1.